The Kier molecular flexibility index (Phi) is 4.63. The number of hydrogen-bond donors (Lipinski definition) is 0. The Labute approximate surface area is 160 Å². The molecule has 0 saturated carbocycles. The van der Waals surface area contributed by atoms with E-state index in [9.17, 15) is 10.1 Å². The lowest BCUT2D eigenvalue weighted by molar-refractivity contribution is -0.384. The highest BCUT2D eigenvalue weighted by Crippen LogP contribution is 2.17. The van der Waals surface area contributed by atoms with Gasteiger partial charge in [0, 0.05) is 12.1 Å². The van der Waals surface area contributed by atoms with Crippen molar-refractivity contribution in [2.45, 2.75) is 19.8 Å². The number of aryl methyl sites for hydroxylation is 3. The molecule has 0 aliphatic carbocycles. The van der Waals surface area contributed by atoms with Crippen molar-refractivity contribution >= 4 is 5.69 Å². The predicted octanol–water partition coefficient (Wildman–Crippen LogP) is 2.85. The van der Waals surface area contributed by atoms with Crippen LogP contribution in [0.2, 0.25) is 0 Å². The number of non-ortho nitro benzene ring substituents is 1. The molecular formula is C19H17N7O2. The molecule has 0 spiro atoms. The molecule has 0 unspecified atom stereocenters. The van der Waals surface area contributed by atoms with E-state index < -0.39 is 4.92 Å². The van der Waals surface area contributed by atoms with Crippen molar-refractivity contribution in [2.75, 3.05) is 0 Å². The maximum absolute atomic E-state index is 10.9. The van der Waals surface area contributed by atoms with Crippen molar-refractivity contribution in [1.82, 2.24) is 30.0 Å². The highest BCUT2D eigenvalue weighted by Gasteiger charge is 2.11. The van der Waals surface area contributed by atoms with Gasteiger partial charge >= 0.3 is 0 Å². The monoisotopic (exact) mass is 375 g/mol. The predicted molar refractivity (Wildman–Crippen MR) is 102 cm³/mol. The smallest absolute Gasteiger partial charge is 0.258 e. The van der Waals surface area contributed by atoms with Gasteiger partial charge in [-0.1, -0.05) is 34.7 Å². The zero-order valence-electron chi connectivity index (χ0n) is 15.1. The van der Waals surface area contributed by atoms with Crippen molar-refractivity contribution in [3.8, 4) is 11.4 Å². The van der Waals surface area contributed by atoms with Crippen LogP contribution < -0.4 is 0 Å². The summed E-state index contributed by atoms with van der Waals surface area (Å²) in [6, 6.07) is 14.3. The summed E-state index contributed by atoms with van der Waals surface area (Å²) in [5, 5.41) is 27.4. The normalized spacial score (nSPS) is 10.9. The summed E-state index contributed by atoms with van der Waals surface area (Å²) in [5.74, 6) is 0. The molecule has 9 nitrogen and oxygen atoms in total. The summed E-state index contributed by atoms with van der Waals surface area (Å²) in [7, 11) is 0. The van der Waals surface area contributed by atoms with Crippen molar-refractivity contribution in [3.63, 3.8) is 0 Å². The van der Waals surface area contributed by atoms with E-state index in [4.69, 9.17) is 0 Å². The molecular weight excluding hydrogens is 358 g/mol. The number of nitro benzene ring substituents is 1. The second kappa shape index (κ2) is 7.39. The second-order valence-corrected chi connectivity index (χ2v) is 6.36. The molecule has 4 aromatic rings. The minimum absolute atomic E-state index is 0.0164. The van der Waals surface area contributed by atoms with Gasteiger partial charge in [0.2, 0.25) is 0 Å². The third-order valence-electron chi connectivity index (χ3n) is 4.45. The Morgan fingerprint density at radius 1 is 1.07 bits per heavy atom. The van der Waals surface area contributed by atoms with Crippen LogP contribution >= 0.6 is 0 Å². The van der Waals surface area contributed by atoms with Gasteiger partial charge in [-0.3, -0.25) is 10.1 Å². The number of aromatic nitrogens is 6. The zero-order chi connectivity index (χ0) is 19.5. The van der Waals surface area contributed by atoms with E-state index in [1.807, 2.05) is 35.9 Å². The fraction of sp³-hybridized carbons (Fsp3) is 0.158. The molecule has 2 aromatic carbocycles. The number of rotatable bonds is 6. The summed E-state index contributed by atoms with van der Waals surface area (Å²) in [4.78, 5) is 10.5. The highest BCUT2D eigenvalue weighted by atomic mass is 16.6. The topological polar surface area (TPSA) is 105 Å². The highest BCUT2D eigenvalue weighted by molar-refractivity contribution is 5.42. The first-order valence-electron chi connectivity index (χ1n) is 8.73. The maximum Gasteiger partial charge on any atom is 0.271 e. The van der Waals surface area contributed by atoms with Crippen LogP contribution in [0.1, 0.15) is 17.0 Å². The molecule has 0 bridgehead atoms. The average Bonchev–Trinajstić information content (AvgIpc) is 3.36. The van der Waals surface area contributed by atoms with E-state index in [1.54, 1.807) is 29.2 Å². The number of nitro groups is 1. The molecule has 4 rings (SSSR count). The first-order valence-corrected chi connectivity index (χ1v) is 8.73. The largest absolute Gasteiger partial charge is 0.271 e. The summed E-state index contributed by atoms with van der Waals surface area (Å²) < 4.78 is 3.37. The molecule has 0 amide bonds. The number of nitrogens with zero attached hydrogens (tertiary/aromatic N) is 7. The standard InChI is InChI=1S/C19H17N7O2/c1-14-5-2-3-8-19(14)25-18(12-20-22-25)10-9-15-13-24(23-21-15)16-6-4-7-17(11-16)26(27)28/h2-8,11-13H,9-10H2,1H3. The number of benzene rings is 2. The Hall–Kier alpha value is -3.88. The lowest BCUT2D eigenvalue weighted by Crippen LogP contribution is -2.05. The van der Waals surface area contributed by atoms with Gasteiger partial charge in [0.15, 0.2) is 0 Å². The minimum atomic E-state index is -0.429. The Morgan fingerprint density at radius 2 is 1.93 bits per heavy atom. The van der Waals surface area contributed by atoms with E-state index in [-0.39, 0.29) is 5.69 Å². The fourth-order valence-corrected chi connectivity index (χ4v) is 2.98. The fourth-order valence-electron chi connectivity index (χ4n) is 2.98. The molecule has 0 saturated heterocycles. The first-order chi connectivity index (χ1) is 13.6. The molecule has 2 heterocycles. The van der Waals surface area contributed by atoms with Crippen LogP contribution in [0.4, 0.5) is 5.69 Å². The van der Waals surface area contributed by atoms with Crippen LogP contribution in [0.3, 0.4) is 0 Å². The first kappa shape index (κ1) is 17.5. The molecule has 0 atom stereocenters. The van der Waals surface area contributed by atoms with Crippen molar-refractivity contribution in [1.29, 1.82) is 0 Å². The average molecular weight is 375 g/mol. The van der Waals surface area contributed by atoms with Crippen LogP contribution in [0, 0.1) is 17.0 Å². The van der Waals surface area contributed by atoms with Crippen molar-refractivity contribution in [2.24, 2.45) is 0 Å². The zero-order valence-corrected chi connectivity index (χ0v) is 15.1. The molecule has 0 aliphatic heterocycles. The second-order valence-electron chi connectivity index (χ2n) is 6.36. The van der Waals surface area contributed by atoms with Gasteiger partial charge < -0.3 is 0 Å². The molecule has 0 aliphatic rings. The number of hydrogen-bond acceptors (Lipinski definition) is 6. The Balaban J connectivity index is 1.51. The molecule has 9 heteroatoms. The maximum atomic E-state index is 10.9. The molecule has 0 N–H and O–H groups in total. The molecule has 0 fully saturated rings. The van der Waals surface area contributed by atoms with Crippen LogP contribution in [0.25, 0.3) is 11.4 Å². The van der Waals surface area contributed by atoms with E-state index >= 15 is 0 Å². The summed E-state index contributed by atoms with van der Waals surface area (Å²) in [6.45, 7) is 2.03. The van der Waals surface area contributed by atoms with Gasteiger partial charge in [-0.25, -0.2) is 9.36 Å². The van der Waals surface area contributed by atoms with Crippen molar-refractivity contribution < 1.29 is 4.92 Å². The van der Waals surface area contributed by atoms with E-state index in [1.165, 1.54) is 12.1 Å². The van der Waals surface area contributed by atoms with Crippen LogP contribution in [-0.4, -0.2) is 34.9 Å². The van der Waals surface area contributed by atoms with Gasteiger partial charge in [0.1, 0.15) is 0 Å². The number of para-hydroxylation sites is 1. The molecule has 140 valence electrons. The van der Waals surface area contributed by atoms with Gasteiger partial charge in [-0.15, -0.1) is 10.2 Å². The van der Waals surface area contributed by atoms with Crippen LogP contribution in [0.15, 0.2) is 60.9 Å². The third-order valence-corrected chi connectivity index (χ3v) is 4.45. The van der Waals surface area contributed by atoms with Crippen LogP contribution in [-0.2, 0) is 12.8 Å². The third kappa shape index (κ3) is 3.50. The molecule has 0 radical (unpaired) electrons. The molecule has 28 heavy (non-hydrogen) atoms. The lowest BCUT2D eigenvalue weighted by atomic mass is 10.1. The van der Waals surface area contributed by atoms with Gasteiger partial charge in [-0.05, 0) is 37.5 Å². The van der Waals surface area contributed by atoms with Crippen molar-refractivity contribution in [3.05, 3.63) is 88.0 Å². The Morgan fingerprint density at radius 3 is 2.75 bits per heavy atom. The SMILES string of the molecule is Cc1ccccc1-n1nncc1CCc1cn(-c2cccc([N+](=O)[O-])c2)nn1. The van der Waals surface area contributed by atoms with E-state index in [2.05, 4.69) is 20.6 Å². The Bertz CT molecular complexity index is 1130. The van der Waals surface area contributed by atoms with Gasteiger partial charge in [0.25, 0.3) is 5.69 Å². The minimum Gasteiger partial charge on any atom is -0.258 e. The van der Waals surface area contributed by atoms with Gasteiger partial charge in [0.05, 0.1) is 40.1 Å². The van der Waals surface area contributed by atoms with Crippen LogP contribution in [0.5, 0.6) is 0 Å². The molecule has 2 aromatic heterocycles. The summed E-state index contributed by atoms with van der Waals surface area (Å²) in [6.07, 6.45) is 4.86. The van der Waals surface area contributed by atoms with E-state index in [0.29, 0.717) is 18.5 Å². The summed E-state index contributed by atoms with van der Waals surface area (Å²) in [5.41, 5.74) is 4.48. The van der Waals surface area contributed by atoms with Gasteiger partial charge in [-0.2, -0.15) is 0 Å². The van der Waals surface area contributed by atoms with E-state index in [0.717, 1.165) is 22.6 Å². The quantitative estimate of drug-likeness (QED) is 0.379. The summed E-state index contributed by atoms with van der Waals surface area (Å²) >= 11 is 0. The lowest BCUT2D eigenvalue weighted by Gasteiger charge is -2.08.